The third kappa shape index (κ3) is 2.57. The van der Waals surface area contributed by atoms with Crippen LogP contribution in [0.2, 0.25) is 0 Å². The first-order valence-electron chi connectivity index (χ1n) is 6.66. The Bertz CT molecular complexity index is 783. The molecule has 0 aliphatic carbocycles. The molecule has 2 aromatic carbocycles. The molecule has 1 aromatic heterocycles. The fourth-order valence-corrected chi connectivity index (χ4v) is 3.00. The molecular formula is C17H14BrFN2. The lowest BCUT2D eigenvalue weighted by Crippen LogP contribution is -2.19. The van der Waals surface area contributed by atoms with Crippen LogP contribution in [-0.4, -0.2) is 12.0 Å². The normalized spacial score (nSPS) is 12.5. The SMILES string of the molecule is CNC(c1cccc(Br)c1F)c1cccc2cnccc12. The Hall–Kier alpha value is -1.78. The quantitative estimate of drug-likeness (QED) is 0.759. The Labute approximate surface area is 131 Å². The summed E-state index contributed by atoms with van der Waals surface area (Å²) < 4.78 is 14.9. The van der Waals surface area contributed by atoms with Gasteiger partial charge in [-0.25, -0.2) is 4.39 Å². The maximum Gasteiger partial charge on any atom is 0.142 e. The number of aromatic nitrogens is 1. The molecule has 0 aliphatic rings. The Kier molecular flexibility index (Phi) is 3.99. The van der Waals surface area contributed by atoms with E-state index in [-0.39, 0.29) is 11.9 Å². The third-order valence-corrected chi connectivity index (χ3v) is 4.22. The van der Waals surface area contributed by atoms with Crippen LogP contribution in [-0.2, 0) is 0 Å². The second-order valence-corrected chi connectivity index (χ2v) is 5.66. The number of fused-ring (bicyclic) bond motifs is 1. The van der Waals surface area contributed by atoms with Gasteiger partial charge in [-0.1, -0.05) is 30.3 Å². The lowest BCUT2D eigenvalue weighted by atomic mass is 9.94. The van der Waals surface area contributed by atoms with Crippen LogP contribution in [0.5, 0.6) is 0 Å². The number of pyridine rings is 1. The first-order valence-corrected chi connectivity index (χ1v) is 7.45. The zero-order valence-corrected chi connectivity index (χ0v) is 13.1. The molecule has 3 rings (SSSR count). The van der Waals surface area contributed by atoms with Crippen molar-refractivity contribution in [2.24, 2.45) is 0 Å². The molecule has 4 heteroatoms. The average Bonchev–Trinajstić information content (AvgIpc) is 2.52. The number of benzene rings is 2. The monoisotopic (exact) mass is 344 g/mol. The van der Waals surface area contributed by atoms with Gasteiger partial charge in [0.1, 0.15) is 5.82 Å². The molecule has 2 nitrogen and oxygen atoms in total. The van der Waals surface area contributed by atoms with Crippen LogP contribution >= 0.6 is 15.9 Å². The molecule has 1 N–H and O–H groups in total. The van der Waals surface area contributed by atoms with Crippen LogP contribution in [0.3, 0.4) is 0 Å². The van der Waals surface area contributed by atoms with Crippen molar-refractivity contribution in [1.82, 2.24) is 10.3 Å². The Morgan fingerprint density at radius 3 is 2.67 bits per heavy atom. The van der Waals surface area contributed by atoms with Crippen molar-refractivity contribution in [2.75, 3.05) is 7.05 Å². The van der Waals surface area contributed by atoms with Crippen LogP contribution in [0.1, 0.15) is 17.2 Å². The zero-order valence-electron chi connectivity index (χ0n) is 11.5. The van der Waals surface area contributed by atoms with Gasteiger partial charge in [0.05, 0.1) is 10.5 Å². The summed E-state index contributed by atoms with van der Waals surface area (Å²) in [6, 6.07) is 13.1. The number of hydrogen-bond acceptors (Lipinski definition) is 2. The largest absolute Gasteiger partial charge is 0.309 e. The van der Waals surface area contributed by atoms with Gasteiger partial charge in [-0.05, 0) is 46.1 Å². The maximum atomic E-state index is 14.4. The van der Waals surface area contributed by atoms with E-state index in [1.54, 1.807) is 18.3 Å². The van der Waals surface area contributed by atoms with Crippen LogP contribution in [0.15, 0.2) is 59.3 Å². The molecule has 3 aromatic rings. The molecule has 0 saturated heterocycles. The second kappa shape index (κ2) is 5.92. The van der Waals surface area contributed by atoms with Crippen molar-refractivity contribution >= 4 is 26.7 Å². The number of rotatable bonds is 3. The van der Waals surface area contributed by atoms with Crippen LogP contribution < -0.4 is 5.32 Å². The van der Waals surface area contributed by atoms with Crippen molar-refractivity contribution < 1.29 is 4.39 Å². The highest BCUT2D eigenvalue weighted by molar-refractivity contribution is 9.10. The summed E-state index contributed by atoms with van der Waals surface area (Å²) in [5.41, 5.74) is 1.66. The van der Waals surface area contributed by atoms with E-state index in [0.717, 1.165) is 16.3 Å². The van der Waals surface area contributed by atoms with Crippen LogP contribution in [0, 0.1) is 5.82 Å². The van der Waals surface area contributed by atoms with Crippen molar-refractivity contribution in [3.63, 3.8) is 0 Å². The molecule has 1 unspecified atom stereocenters. The molecule has 1 heterocycles. The fraction of sp³-hybridized carbons (Fsp3) is 0.118. The van der Waals surface area contributed by atoms with Gasteiger partial charge in [-0.3, -0.25) is 4.98 Å². The van der Waals surface area contributed by atoms with E-state index in [4.69, 9.17) is 0 Å². The van der Waals surface area contributed by atoms with Gasteiger partial charge in [0.25, 0.3) is 0 Å². The maximum absolute atomic E-state index is 14.4. The van der Waals surface area contributed by atoms with E-state index < -0.39 is 0 Å². The number of nitrogens with one attached hydrogen (secondary N) is 1. The standard InChI is InChI=1S/C17H14BrFN2/c1-20-17(14-6-3-7-15(18)16(14)19)13-5-2-4-11-10-21-9-8-12(11)13/h2-10,17,20H,1H3. The predicted molar refractivity (Wildman–Crippen MR) is 86.7 cm³/mol. The van der Waals surface area contributed by atoms with Crippen molar-refractivity contribution in [3.8, 4) is 0 Å². The molecule has 0 aliphatic heterocycles. The first-order chi connectivity index (χ1) is 10.2. The van der Waals surface area contributed by atoms with Gasteiger partial charge in [-0.2, -0.15) is 0 Å². The smallest absolute Gasteiger partial charge is 0.142 e. The van der Waals surface area contributed by atoms with Gasteiger partial charge in [0, 0.05) is 23.3 Å². The summed E-state index contributed by atoms with van der Waals surface area (Å²) in [4.78, 5) is 4.14. The molecular weight excluding hydrogens is 331 g/mol. The van der Waals surface area contributed by atoms with E-state index in [1.165, 1.54) is 0 Å². The van der Waals surface area contributed by atoms with Crippen LogP contribution in [0.4, 0.5) is 4.39 Å². The fourth-order valence-electron chi connectivity index (χ4n) is 2.62. The van der Waals surface area contributed by atoms with Crippen molar-refractivity contribution in [2.45, 2.75) is 6.04 Å². The predicted octanol–water partition coefficient (Wildman–Crippen LogP) is 4.45. The lowest BCUT2D eigenvalue weighted by Gasteiger charge is -2.20. The first kappa shape index (κ1) is 14.2. The summed E-state index contributed by atoms with van der Waals surface area (Å²) >= 11 is 3.25. The third-order valence-electron chi connectivity index (χ3n) is 3.61. The molecule has 0 spiro atoms. The molecule has 0 amide bonds. The summed E-state index contributed by atoms with van der Waals surface area (Å²) in [5, 5.41) is 5.34. The molecule has 0 saturated carbocycles. The molecule has 106 valence electrons. The molecule has 0 fully saturated rings. The highest BCUT2D eigenvalue weighted by Gasteiger charge is 2.19. The highest BCUT2D eigenvalue weighted by atomic mass is 79.9. The average molecular weight is 345 g/mol. The van der Waals surface area contributed by atoms with E-state index in [9.17, 15) is 4.39 Å². The Balaban J connectivity index is 2.21. The van der Waals surface area contributed by atoms with Gasteiger partial charge in [0.15, 0.2) is 0 Å². The molecule has 21 heavy (non-hydrogen) atoms. The van der Waals surface area contributed by atoms with Crippen molar-refractivity contribution in [3.05, 3.63) is 76.3 Å². The summed E-state index contributed by atoms with van der Waals surface area (Å²) in [6.45, 7) is 0. The zero-order chi connectivity index (χ0) is 14.8. The van der Waals surface area contributed by atoms with E-state index >= 15 is 0 Å². The summed E-state index contributed by atoms with van der Waals surface area (Å²) in [6.07, 6.45) is 3.58. The number of hydrogen-bond donors (Lipinski definition) is 1. The van der Waals surface area contributed by atoms with Crippen molar-refractivity contribution in [1.29, 1.82) is 0 Å². The van der Waals surface area contributed by atoms with E-state index in [2.05, 4.69) is 26.2 Å². The summed E-state index contributed by atoms with van der Waals surface area (Å²) in [5.74, 6) is -0.233. The van der Waals surface area contributed by atoms with E-state index in [1.807, 2.05) is 43.6 Å². The molecule has 0 bridgehead atoms. The van der Waals surface area contributed by atoms with Gasteiger partial charge >= 0.3 is 0 Å². The Morgan fingerprint density at radius 2 is 1.86 bits per heavy atom. The minimum atomic E-state index is -0.233. The van der Waals surface area contributed by atoms with Gasteiger partial charge in [0.2, 0.25) is 0 Å². The second-order valence-electron chi connectivity index (χ2n) is 4.81. The summed E-state index contributed by atoms with van der Waals surface area (Å²) in [7, 11) is 1.84. The lowest BCUT2D eigenvalue weighted by molar-refractivity contribution is 0.572. The van der Waals surface area contributed by atoms with Gasteiger partial charge in [-0.15, -0.1) is 0 Å². The highest BCUT2D eigenvalue weighted by Crippen LogP contribution is 2.31. The number of halogens is 2. The van der Waals surface area contributed by atoms with E-state index in [0.29, 0.717) is 10.0 Å². The molecule has 1 atom stereocenters. The number of nitrogens with zero attached hydrogens (tertiary/aromatic N) is 1. The Morgan fingerprint density at radius 1 is 1.10 bits per heavy atom. The topological polar surface area (TPSA) is 24.9 Å². The minimum Gasteiger partial charge on any atom is -0.309 e. The minimum absolute atomic E-state index is 0.214. The molecule has 0 radical (unpaired) electrons. The van der Waals surface area contributed by atoms with Crippen LogP contribution in [0.25, 0.3) is 10.8 Å². The van der Waals surface area contributed by atoms with Gasteiger partial charge < -0.3 is 5.32 Å².